The molecule has 5 nitrogen and oxygen atoms in total. The molecule has 3 aromatic carbocycles. The topological polar surface area (TPSA) is 58.6 Å². The summed E-state index contributed by atoms with van der Waals surface area (Å²) in [4.78, 5) is 27.5. The normalized spacial score (nSPS) is 15.8. The summed E-state index contributed by atoms with van der Waals surface area (Å²) in [5, 5.41) is 2.59. The standard InChI is InChI=1S/C26H19Cl3N2O3S2/c27-26(28,29)24(30-22(32)19-9-5-2-6-10-19)34-20-13-11-17(12-14-20)15-21-23(33)31(25(35)36-21)16-18-7-3-1-4-8-18/h1-15,24H,16H2,(H,30,32)/b21-15+/t24-/m0/s1. The lowest BCUT2D eigenvalue weighted by Gasteiger charge is -2.26. The van der Waals surface area contributed by atoms with E-state index < -0.39 is 15.9 Å². The molecule has 1 heterocycles. The Labute approximate surface area is 233 Å². The minimum atomic E-state index is -1.92. The number of alkyl halides is 3. The number of carbonyl (C=O) groups excluding carboxylic acids is 2. The molecule has 1 saturated heterocycles. The summed E-state index contributed by atoms with van der Waals surface area (Å²) in [7, 11) is 0. The molecule has 3 aromatic rings. The van der Waals surface area contributed by atoms with Gasteiger partial charge in [-0.05, 0) is 41.5 Å². The predicted molar refractivity (Wildman–Crippen MR) is 150 cm³/mol. The fourth-order valence-corrected chi connectivity index (χ4v) is 4.85. The molecule has 0 aromatic heterocycles. The summed E-state index contributed by atoms with van der Waals surface area (Å²) in [6.07, 6.45) is 0.521. The maximum absolute atomic E-state index is 12.9. The van der Waals surface area contributed by atoms with Crippen molar-refractivity contribution in [3.8, 4) is 5.75 Å². The van der Waals surface area contributed by atoms with E-state index in [1.807, 2.05) is 30.3 Å². The molecule has 0 aliphatic carbocycles. The molecule has 4 rings (SSSR count). The summed E-state index contributed by atoms with van der Waals surface area (Å²) < 4.78 is 4.36. The smallest absolute Gasteiger partial charge is 0.266 e. The Morgan fingerprint density at radius 3 is 2.22 bits per heavy atom. The second-order valence-electron chi connectivity index (χ2n) is 7.70. The van der Waals surface area contributed by atoms with Crippen molar-refractivity contribution in [1.82, 2.24) is 10.2 Å². The van der Waals surface area contributed by atoms with Crippen LogP contribution in [0.1, 0.15) is 21.5 Å². The first-order valence-electron chi connectivity index (χ1n) is 10.7. The number of carbonyl (C=O) groups is 2. The molecule has 1 atom stereocenters. The van der Waals surface area contributed by atoms with Crippen molar-refractivity contribution in [2.24, 2.45) is 0 Å². The number of hydrogen-bond acceptors (Lipinski definition) is 5. The highest BCUT2D eigenvalue weighted by atomic mass is 35.6. The van der Waals surface area contributed by atoms with Gasteiger partial charge in [0.05, 0.1) is 11.4 Å². The lowest BCUT2D eigenvalue weighted by atomic mass is 10.2. The summed E-state index contributed by atoms with van der Waals surface area (Å²) in [5.41, 5.74) is 2.17. The first kappa shape index (κ1) is 26.5. The van der Waals surface area contributed by atoms with Crippen LogP contribution < -0.4 is 10.1 Å². The first-order valence-corrected chi connectivity index (χ1v) is 13.1. The Morgan fingerprint density at radius 1 is 1.00 bits per heavy atom. The van der Waals surface area contributed by atoms with Crippen LogP contribution in [0.2, 0.25) is 0 Å². The van der Waals surface area contributed by atoms with Crippen molar-refractivity contribution in [3.05, 3.63) is 107 Å². The molecular formula is C26H19Cl3N2O3S2. The molecule has 36 heavy (non-hydrogen) atoms. The Hall–Kier alpha value is -2.55. The first-order chi connectivity index (χ1) is 17.2. The fraction of sp³-hybridized carbons (Fsp3) is 0.115. The number of halogens is 3. The van der Waals surface area contributed by atoms with E-state index >= 15 is 0 Å². The Morgan fingerprint density at radius 2 is 1.61 bits per heavy atom. The van der Waals surface area contributed by atoms with Gasteiger partial charge >= 0.3 is 0 Å². The van der Waals surface area contributed by atoms with Crippen molar-refractivity contribution < 1.29 is 14.3 Å². The molecule has 0 radical (unpaired) electrons. The van der Waals surface area contributed by atoms with Crippen LogP contribution in [0.4, 0.5) is 0 Å². The van der Waals surface area contributed by atoms with Crippen LogP contribution >= 0.6 is 58.8 Å². The van der Waals surface area contributed by atoms with E-state index in [4.69, 9.17) is 51.8 Å². The number of nitrogens with zero attached hydrogens (tertiary/aromatic N) is 1. The predicted octanol–water partition coefficient (Wildman–Crippen LogP) is 6.59. The molecule has 0 bridgehead atoms. The summed E-state index contributed by atoms with van der Waals surface area (Å²) in [6, 6.07) is 25.1. The molecular weight excluding hydrogens is 559 g/mol. The van der Waals surface area contributed by atoms with Gasteiger partial charge in [0.15, 0.2) is 0 Å². The van der Waals surface area contributed by atoms with Gasteiger partial charge in [0.1, 0.15) is 10.1 Å². The monoisotopic (exact) mass is 576 g/mol. The lowest BCUT2D eigenvalue weighted by molar-refractivity contribution is -0.122. The van der Waals surface area contributed by atoms with Crippen molar-refractivity contribution >= 4 is 81.0 Å². The number of nitrogens with one attached hydrogen (secondary N) is 1. The third-order valence-corrected chi connectivity index (χ3v) is 7.06. The maximum atomic E-state index is 12.9. The number of ether oxygens (including phenoxy) is 1. The van der Waals surface area contributed by atoms with Crippen LogP contribution in [-0.2, 0) is 11.3 Å². The van der Waals surface area contributed by atoms with Crippen molar-refractivity contribution in [3.63, 3.8) is 0 Å². The van der Waals surface area contributed by atoms with E-state index in [-0.39, 0.29) is 5.91 Å². The highest BCUT2D eigenvalue weighted by molar-refractivity contribution is 8.26. The van der Waals surface area contributed by atoms with E-state index in [0.29, 0.717) is 27.1 Å². The van der Waals surface area contributed by atoms with Crippen molar-refractivity contribution in [2.45, 2.75) is 16.6 Å². The fourth-order valence-electron chi connectivity index (χ4n) is 3.30. The zero-order valence-electron chi connectivity index (χ0n) is 18.6. The number of amides is 2. The second kappa shape index (κ2) is 11.7. The van der Waals surface area contributed by atoms with Gasteiger partial charge in [0.25, 0.3) is 11.8 Å². The van der Waals surface area contributed by atoms with Gasteiger partial charge < -0.3 is 10.1 Å². The van der Waals surface area contributed by atoms with E-state index in [1.165, 1.54) is 11.8 Å². The minimum Gasteiger partial charge on any atom is -0.466 e. The zero-order chi connectivity index (χ0) is 25.7. The number of hydrogen-bond donors (Lipinski definition) is 1. The van der Waals surface area contributed by atoms with E-state index in [0.717, 1.165) is 11.1 Å². The average Bonchev–Trinajstić information content (AvgIpc) is 3.12. The van der Waals surface area contributed by atoms with Crippen LogP contribution in [0.5, 0.6) is 5.75 Å². The average molecular weight is 578 g/mol. The number of benzene rings is 3. The van der Waals surface area contributed by atoms with Gasteiger partial charge in [-0.15, -0.1) is 0 Å². The SMILES string of the molecule is O=C(N[C@@H](Oc1ccc(/C=C2/SC(=S)N(Cc3ccccc3)C2=O)cc1)C(Cl)(Cl)Cl)c1ccccc1. The van der Waals surface area contributed by atoms with Gasteiger partial charge in [0.2, 0.25) is 10.0 Å². The minimum absolute atomic E-state index is 0.144. The highest BCUT2D eigenvalue weighted by Gasteiger charge is 2.36. The van der Waals surface area contributed by atoms with Gasteiger partial charge in [0, 0.05) is 5.56 Å². The summed E-state index contributed by atoms with van der Waals surface area (Å²) >= 11 is 24.8. The largest absolute Gasteiger partial charge is 0.466 e. The number of thiocarbonyl (C=S) groups is 1. The molecule has 0 unspecified atom stereocenters. The van der Waals surface area contributed by atoms with Gasteiger partial charge in [-0.3, -0.25) is 14.5 Å². The Kier molecular flexibility index (Phi) is 8.59. The van der Waals surface area contributed by atoms with Crippen LogP contribution in [0.15, 0.2) is 89.8 Å². The third kappa shape index (κ3) is 6.81. The van der Waals surface area contributed by atoms with Gasteiger partial charge in [-0.1, -0.05) is 119 Å². The molecule has 10 heteroatoms. The zero-order valence-corrected chi connectivity index (χ0v) is 22.5. The van der Waals surface area contributed by atoms with Crippen molar-refractivity contribution in [2.75, 3.05) is 0 Å². The molecule has 0 spiro atoms. The van der Waals surface area contributed by atoms with Crippen LogP contribution in [0.25, 0.3) is 6.08 Å². The molecule has 184 valence electrons. The van der Waals surface area contributed by atoms with E-state index in [9.17, 15) is 9.59 Å². The van der Waals surface area contributed by atoms with Gasteiger partial charge in [-0.2, -0.15) is 0 Å². The molecule has 1 fully saturated rings. The van der Waals surface area contributed by atoms with Crippen LogP contribution in [0, 0.1) is 0 Å². The highest BCUT2D eigenvalue weighted by Crippen LogP contribution is 2.35. The summed E-state index contributed by atoms with van der Waals surface area (Å²) in [5.74, 6) is -0.219. The molecule has 2 amide bonds. The van der Waals surface area contributed by atoms with Gasteiger partial charge in [-0.25, -0.2) is 0 Å². The summed E-state index contributed by atoms with van der Waals surface area (Å²) in [6.45, 7) is 0.419. The lowest BCUT2D eigenvalue weighted by Crippen LogP contribution is -2.47. The number of thioether (sulfide) groups is 1. The third-order valence-electron chi connectivity index (χ3n) is 5.08. The number of rotatable bonds is 7. The second-order valence-corrected chi connectivity index (χ2v) is 11.7. The Balaban J connectivity index is 1.43. The maximum Gasteiger partial charge on any atom is 0.266 e. The van der Waals surface area contributed by atoms with Crippen LogP contribution in [0.3, 0.4) is 0 Å². The molecule has 0 saturated carbocycles. The van der Waals surface area contributed by atoms with Crippen molar-refractivity contribution in [1.29, 1.82) is 0 Å². The molecule has 1 N–H and O–H groups in total. The van der Waals surface area contributed by atoms with E-state index in [2.05, 4.69) is 5.32 Å². The van der Waals surface area contributed by atoms with E-state index in [1.54, 1.807) is 65.6 Å². The Bertz CT molecular complexity index is 1280. The van der Waals surface area contributed by atoms with Crippen LogP contribution in [-0.4, -0.2) is 31.1 Å². The quantitative estimate of drug-likeness (QED) is 0.149. The molecule has 1 aliphatic rings. The molecule has 1 aliphatic heterocycles.